The number of benzene rings is 1. The van der Waals surface area contributed by atoms with E-state index in [1.807, 2.05) is 6.07 Å². The number of carbonyl (C=O) groups excluding carboxylic acids is 4. The molecule has 3 aliphatic rings. The summed E-state index contributed by atoms with van der Waals surface area (Å²) < 4.78 is 0. The fourth-order valence-electron chi connectivity index (χ4n) is 4.86. The van der Waals surface area contributed by atoms with Crippen molar-refractivity contribution >= 4 is 23.6 Å². The number of imide groups is 2. The molecule has 0 spiro atoms. The van der Waals surface area contributed by atoms with Crippen LogP contribution in [-0.4, -0.2) is 47.2 Å². The molecule has 4 N–H and O–H groups in total. The molecule has 1 aromatic carbocycles. The highest BCUT2D eigenvalue weighted by atomic mass is 16.2. The topological polar surface area (TPSA) is 122 Å². The van der Waals surface area contributed by atoms with Crippen LogP contribution in [0, 0.1) is 5.92 Å². The number of piperidine rings is 1. The van der Waals surface area contributed by atoms with Gasteiger partial charge in [-0.3, -0.25) is 29.4 Å². The van der Waals surface area contributed by atoms with Gasteiger partial charge in [0.25, 0.3) is 11.8 Å². The zero-order chi connectivity index (χ0) is 21.3. The Bertz CT molecular complexity index is 878. The highest BCUT2D eigenvalue weighted by Gasteiger charge is 2.44. The molecule has 1 aromatic rings. The standard InChI is InChI=1S/C22H28N4O4/c23-11-17(14-4-2-1-3-5-14)24-12-13-6-7-15-16(10-13)22(30)26(21(15)29)18-8-9-19(27)25-20(18)28/h6-7,10,14,17-18,24H,1-5,8-9,11-12,23H2,(H,25,27,28)/t17-,18?/m0/s1. The molecule has 2 fully saturated rings. The minimum absolute atomic E-state index is 0.112. The van der Waals surface area contributed by atoms with Crippen LogP contribution < -0.4 is 16.4 Å². The third-order valence-electron chi connectivity index (χ3n) is 6.55. The lowest BCUT2D eigenvalue weighted by atomic mass is 9.84. The molecular weight excluding hydrogens is 384 g/mol. The minimum Gasteiger partial charge on any atom is -0.329 e. The molecule has 160 valence electrons. The number of nitrogens with one attached hydrogen (secondary N) is 2. The summed E-state index contributed by atoms with van der Waals surface area (Å²) in [5, 5.41) is 5.73. The van der Waals surface area contributed by atoms with Gasteiger partial charge in [0.2, 0.25) is 11.8 Å². The van der Waals surface area contributed by atoms with Crippen molar-refractivity contribution in [1.29, 1.82) is 0 Å². The van der Waals surface area contributed by atoms with Crippen molar-refractivity contribution in [2.75, 3.05) is 6.54 Å². The van der Waals surface area contributed by atoms with E-state index >= 15 is 0 Å². The van der Waals surface area contributed by atoms with Gasteiger partial charge in [0.15, 0.2) is 0 Å². The van der Waals surface area contributed by atoms with Gasteiger partial charge in [0, 0.05) is 25.6 Å². The van der Waals surface area contributed by atoms with Crippen molar-refractivity contribution < 1.29 is 19.2 Å². The van der Waals surface area contributed by atoms with E-state index in [4.69, 9.17) is 5.73 Å². The minimum atomic E-state index is -0.940. The molecule has 2 aliphatic heterocycles. The first-order valence-electron chi connectivity index (χ1n) is 10.8. The zero-order valence-corrected chi connectivity index (χ0v) is 17.0. The lowest BCUT2D eigenvalue weighted by Crippen LogP contribution is -2.54. The fraction of sp³-hybridized carbons (Fsp3) is 0.545. The van der Waals surface area contributed by atoms with Gasteiger partial charge in [0.1, 0.15) is 6.04 Å². The van der Waals surface area contributed by atoms with E-state index in [2.05, 4.69) is 10.6 Å². The Morgan fingerprint density at radius 1 is 1.03 bits per heavy atom. The number of carbonyl (C=O) groups is 4. The second-order valence-electron chi connectivity index (χ2n) is 8.45. The van der Waals surface area contributed by atoms with Crippen LogP contribution in [0.3, 0.4) is 0 Å². The van der Waals surface area contributed by atoms with Crippen molar-refractivity contribution in [3.05, 3.63) is 34.9 Å². The normalized spacial score (nSPS) is 23.5. The van der Waals surface area contributed by atoms with Crippen molar-refractivity contribution in [1.82, 2.24) is 15.5 Å². The summed E-state index contributed by atoms with van der Waals surface area (Å²) in [7, 11) is 0. The molecule has 2 atom stereocenters. The molecule has 0 radical (unpaired) electrons. The highest BCUT2D eigenvalue weighted by molar-refractivity contribution is 6.23. The highest BCUT2D eigenvalue weighted by Crippen LogP contribution is 2.29. The van der Waals surface area contributed by atoms with Crippen LogP contribution in [0.1, 0.15) is 71.2 Å². The molecule has 0 aromatic heterocycles. The number of rotatable bonds is 6. The van der Waals surface area contributed by atoms with E-state index in [1.165, 1.54) is 32.1 Å². The predicted octanol–water partition coefficient (Wildman–Crippen LogP) is 1.08. The molecule has 0 bridgehead atoms. The number of nitrogens with two attached hydrogens (primary N) is 1. The van der Waals surface area contributed by atoms with E-state index in [9.17, 15) is 19.2 Å². The second-order valence-corrected chi connectivity index (χ2v) is 8.45. The molecule has 30 heavy (non-hydrogen) atoms. The van der Waals surface area contributed by atoms with Crippen LogP contribution >= 0.6 is 0 Å². The molecule has 1 aliphatic carbocycles. The molecule has 1 unspecified atom stereocenters. The maximum atomic E-state index is 12.9. The van der Waals surface area contributed by atoms with Crippen LogP contribution in [0.4, 0.5) is 0 Å². The van der Waals surface area contributed by atoms with E-state index < -0.39 is 23.8 Å². The predicted molar refractivity (Wildman–Crippen MR) is 109 cm³/mol. The molecule has 4 amide bonds. The van der Waals surface area contributed by atoms with Gasteiger partial charge in [-0.2, -0.15) is 0 Å². The lowest BCUT2D eigenvalue weighted by Gasteiger charge is -2.30. The Morgan fingerprint density at radius 3 is 2.47 bits per heavy atom. The van der Waals surface area contributed by atoms with Gasteiger partial charge in [0.05, 0.1) is 11.1 Å². The summed E-state index contributed by atoms with van der Waals surface area (Å²) in [6, 6.07) is 4.50. The van der Waals surface area contributed by atoms with Gasteiger partial charge >= 0.3 is 0 Å². The number of amides is 4. The Hall–Kier alpha value is -2.58. The van der Waals surface area contributed by atoms with Crippen LogP contribution in [0.2, 0.25) is 0 Å². The molecule has 2 heterocycles. The van der Waals surface area contributed by atoms with Gasteiger partial charge in [-0.1, -0.05) is 25.3 Å². The SMILES string of the molecule is NC[C@H](NCc1ccc2c(c1)C(=O)N(C1CCC(=O)NC1=O)C2=O)C1CCCCC1. The van der Waals surface area contributed by atoms with E-state index in [1.54, 1.807) is 12.1 Å². The third kappa shape index (κ3) is 3.89. The third-order valence-corrected chi connectivity index (χ3v) is 6.55. The number of nitrogens with zero attached hydrogens (tertiary/aromatic N) is 1. The first kappa shape index (κ1) is 20.7. The van der Waals surface area contributed by atoms with Crippen LogP contribution in [0.25, 0.3) is 0 Å². The Labute approximate surface area is 175 Å². The van der Waals surface area contributed by atoms with Crippen LogP contribution in [0.15, 0.2) is 18.2 Å². The molecular formula is C22H28N4O4. The number of hydrogen-bond donors (Lipinski definition) is 3. The molecule has 1 saturated carbocycles. The number of fused-ring (bicyclic) bond motifs is 1. The lowest BCUT2D eigenvalue weighted by molar-refractivity contribution is -0.136. The fourth-order valence-corrected chi connectivity index (χ4v) is 4.86. The zero-order valence-electron chi connectivity index (χ0n) is 17.0. The van der Waals surface area contributed by atoms with Gasteiger partial charge in [-0.15, -0.1) is 0 Å². The summed E-state index contributed by atoms with van der Waals surface area (Å²) in [5.41, 5.74) is 7.50. The van der Waals surface area contributed by atoms with Crippen molar-refractivity contribution in [2.24, 2.45) is 11.7 Å². The van der Waals surface area contributed by atoms with Gasteiger partial charge < -0.3 is 11.1 Å². The summed E-state index contributed by atoms with van der Waals surface area (Å²) >= 11 is 0. The summed E-state index contributed by atoms with van der Waals surface area (Å²) in [6.07, 6.45) is 6.42. The van der Waals surface area contributed by atoms with E-state index in [-0.39, 0.29) is 24.8 Å². The molecule has 4 rings (SSSR count). The van der Waals surface area contributed by atoms with E-state index in [0.717, 1.165) is 10.5 Å². The summed E-state index contributed by atoms with van der Waals surface area (Å²) in [4.78, 5) is 50.2. The first-order chi connectivity index (χ1) is 14.5. The van der Waals surface area contributed by atoms with Crippen LogP contribution in [-0.2, 0) is 16.1 Å². The number of hydrogen-bond acceptors (Lipinski definition) is 6. The largest absolute Gasteiger partial charge is 0.329 e. The maximum absolute atomic E-state index is 12.9. The second kappa shape index (κ2) is 8.65. The summed E-state index contributed by atoms with van der Waals surface area (Å²) in [6.45, 7) is 1.13. The molecule has 8 heteroatoms. The quantitative estimate of drug-likeness (QED) is 0.601. The van der Waals surface area contributed by atoms with Crippen molar-refractivity contribution in [3.8, 4) is 0 Å². The monoisotopic (exact) mass is 412 g/mol. The van der Waals surface area contributed by atoms with Gasteiger partial charge in [-0.05, 0) is 42.9 Å². The Kier molecular flexibility index (Phi) is 5.97. The average Bonchev–Trinajstić information content (AvgIpc) is 2.99. The van der Waals surface area contributed by atoms with Crippen molar-refractivity contribution in [2.45, 2.75) is 63.6 Å². The smallest absolute Gasteiger partial charge is 0.262 e. The van der Waals surface area contributed by atoms with Gasteiger partial charge in [-0.25, -0.2) is 0 Å². The van der Waals surface area contributed by atoms with Crippen LogP contribution in [0.5, 0.6) is 0 Å². The molecule has 8 nitrogen and oxygen atoms in total. The average molecular weight is 412 g/mol. The Morgan fingerprint density at radius 2 is 1.77 bits per heavy atom. The first-order valence-corrected chi connectivity index (χ1v) is 10.8. The Balaban J connectivity index is 1.46. The summed E-state index contributed by atoms with van der Waals surface area (Å²) in [5.74, 6) is -1.36. The van der Waals surface area contributed by atoms with Crippen molar-refractivity contribution in [3.63, 3.8) is 0 Å². The van der Waals surface area contributed by atoms with E-state index in [0.29, 0.717) is 30.1 Å². The maximum Gasteiger partial charge on any atom is 0.262 e. The molecule has 1 saturated heterocycles.